The van der Waals surface area contributed by atoms with Crippen LogP contribution in [0.5, 0.6) is 0 Å². The van der Waals surface area contributed by atoms with Crippen molar-refractivity contribution in [2.24, 2.45) is 5.14 Å². The summed E-state index contributed by atoms with van der Waals surface area (Å²) in [6.45, 7) is 0. The molecule has 5 nitrogen and oxygen atoms in total. The molecule has 1 amide bonds. The van der Waals surface area contributed by atoms with Crippen molar-refractivity contribution in [3.05, 3.63) is 60.2 Å². The summed E-state index contributed by atoms with van der Waals surface area (Å²) in [5.41, 5.74) is 1.09. The highest BCUT2D eigenvalue weighted by Crippen LogP contribution is 2.44. The van der Waals surface area contributed by atoms with Crippen molar-refractivity contribution in [2.45, 2.75) is 29.6 Å². The van der Waals surface area contributed by atoms with Gasteiger partial charge in [0, 0.05) is 5.69 Å². The number of carbonyl (C=O) groups excluding carboxylic acids is 1. The van der Waals surface area contributed by atoms with Crippen LogP contribution < -0.4 is 10.5 Å². The highest BCUT2D eigenvalue weighted by Gasteiger charge is 2.45. The minimum Gasteiger partial charge on any atom is -0.325 e. The molecule has 0 radical (unpaired) electrons. The molecule has 0 atom stereocenters. The molecule has 1 aliphatic rings. The van der Waals surface area contributed by atoms with Gasteiger partial charge in [0.25, 0.3) is 0 Å². The molecular formula is C17H18N2O3S. The highest BCUT2D eigenvalue weighted by molar-refractivity contribution is 7.89. The van der Waals surface area contributed by atoms with E-state index in [-0.39, 0.29) is 10.8 Å². The highest BCUT2D eigenvalue weighted by atomic mass is 32.2. The van der Waals surface area contributed by atoms with Crippen molar-refractivity contribution in [2.75, 3.05) is 5.32 Å². The average Bonchev–Trinajstić information content (AvgIpc) is 2.47. The first-order chi connectivity index (χ1) is 10.9. The van der Waals surface area contributed by atoms with Gasteiger partial charge in [-0.2, -0.15) is 0 Å². The summed E-state index contributed by atoms with van der Waals surface area (Å²) >= 11 is 0. The van der Waals surface area contributed by atoms with Gasteiger partial charge in [-0.3, -0.25) is 4.79 Å². The summed E-state index contributed by atoms with van der Waals surface area (Å²) in [6.07, 6.45) is 2.66. The first kappa shape index (κ1) is 15.7. The number of primary sulfonamides is 1. The second-order valence-electron chi connectivity index (χ2n) is 5.83. The van der Waals surface area contributed by atoms with Crippen LogP contribution in [0.1, 0.15) is 24.8 Å². The van der Waals surface area contributed by atoms with E-state index in [4.69, 9.17) is 5.14 Å². The smallest absolute Gasteiger partial charge is 0.238 e. The Morgan fingerprint density at radius 2 is 1.61 bits per heavy atom. The molecule has 0 unspecified atom stereocenters. The van der Waals surface area contributed by atoms with Crippen molar-refractivity contribution in [1.82, 2.24) is 0 Å². The Hall–Kier alpha value is -2.18. The number of nitrogens with two attached hydrogens (primary N) is 1. The topological polar surface area (TPSA) is 89.3 Å². The fraction of sp³-hybridized carbons (Fsp3) is 0.235. The first-order valence-corrected chi connectivity index (χ1v) is 8.96. The molecule has 2 aromatic rings. The standard InChI is InChI=1S/C17H18N2O3S/c18-23(21,22)15-9-7-14(8-10-15)19-16(20)17(11-4-12-17)13-5-2-1-3-6-13/h1-3,5-10H,4,11-12H2,(H,19,20)(H2,18,21,22). The number of amides is 1. The maximum absolute atomic E-state index is 12.7. The van der Waals surface area contributed by atoms with E-state index in [2.05, 4.69) is 5.32 Å². The van der Waals surface area contributed by atoms with Gasteiger partial charge in [0.2, 0.25) is 15.9 Å². The summed E-state index contributed by atoms with van der Waals surface area (Å²) in [7, 11) is -3.73. The lowest BCUT2D eigenvalue weighted by Gasteiger charge is -2.40. The number of sulfonamides is 1. The van der Waals surface area contributed by atoms with Gasteiger partial charge in [0.1, 0.15) is 0 Å². The lowest BCUT2D eigenvalue weighted by Crippen LogP contribution is -2.45. The van der Waals surface area contributed by atoms with Crippen LogP contribution in [0.2, 0.25) is 0 Å². The number of nitrogens with one attached hydrogen (secondary N) is 1. The lowest BCUT2D eigenvalue weighted by atomic mass is 9.64. The minimum absolute atomic E-state index is 0.0249. The van der Waals surface area contributed by atoms with Crippen LogP contribution in [-0.2, 0) is 20.2 Å². The summed E-state index contributed by atoms with van der Waals surface area (Å²) in [5.74, 6) is -0.0571. The van der Waals surface area contributed by atoms with Crippen molar-refractivity contribution in [3.8, 4) is 0 Å². The van der Waals surface area contributed by atoms with Crippen LogP contribution >= 0.6 is 0 Å². The molecule has 3 rings (SSSR count). The molecule has 0 bridgehead atoms. The number of hydrogen-bond acceptors (Lipinski definition) is 3. The van der Waals surface area contributed by atoms with Crippen LogP contribution in [0, 0.1) is 0 Å². The molecule has 1 fully saturated rings. The minimum atomic E-state index is -3.73. The largest absolute Gasteiger partial charge is 0.325 e. The third-order valence-corrected chi connectivity index (χ3v) is 5.34. The van der Waals surface area contributed by atoms with E-state index in [1.807, 2.05) is 30.3 Å². The molecule has 0 heterocycles. The number of benzene rings is 2. The van der Waals surface area contributed by atoms with Gasteiger partial charge in [-0.05, 0) is 42.7 Å². The van der Waals surface area contributed by atoms with Gasteiger partial charge in [0.15, 0.2) is 0 Å². The van der Waals surface area contributed by atoms with Crippen LogP contribution in [0.15, 0.2) is 59.5 Å². The quantitative estimate of drug-likeness (QED) is 0.902. The molecular weight excluding hydrogens is 312 g/mol. The number of hydrogen-bond donors (Lipinski definition) is 2. The van der Waals surface area contributed by atoms with Crippen molar-refractivity contribution in [1.29, 1.82) is 0 Å². The molecule has 120 valence electrons. The van der Waals surface area contributed by atoms with Gasteiger partial charge in [-0.1, -0.05) is 36.8 Å². The van der Waals surface area contributed by atoms with Crippen molar-refractivity contribution in [3.63, 3.8) is 0 Å². The van der Waals surface area contributed by atoms with Gasteiger partial charge in [0.05, 0.1) is 10.3 Å². The summed E-state index contributed by atoms with van der Waals surface area (Å²) in [4.78, 5) is 12.8. The van der Waals surface area contributed by atoms with Crippen molar-refractivity contribution < 1.29 is 13.2 Å². The Morgan fingerprint density at radius 1 is 1.00 bits per heavy atom. The van der Waals surface area contributed by atoms with E-state index in [1.54, 1.807) is 12.1 Å². The second kappa shape index (κ2) is 5.79. The van der Waals surface area contributed by atoms with E-state index >= 15 is 0 Å². The Labute approximate surface area is 135 Å². The zero-order chi connectivity index (χ0) is 16.5. The molecule has 0 aliphatic heterocycles. The summed E-state index contributed by atoms with van der Waals surface area (Å²) in [6, 6.07) is 15.6. The second-order valence-corrected chi connectivity index (χ2v) is 7.39. The predicted octanol–water partition coefficient (Wildman–Crippen LogP) is 2.39. The Balaban J connectivity index is 1.81. The lowest BCUT2D eigenvalue weighted by molar-refractivity contribution is -0.124. The zero-order valence-electron chi connectivity index (χ0n) is 12.5. The Morgan fingerprint density at radius 3 is 2.09 bits per heavy atom. The van der Waals surface area contributed by atoms with E-state index < -0.39 is 15.4 Å². The molecule has 23 heavy (non-hydrogen) atoms. The number of rotatable bonds is 4. The molecule has 2 aromatic carbocycles. The Bertz CT molecular complexity index is 811. The van der Waals surface area contributed by atoms with Crippen molar-refractivity contribution >= 4 is 21.6 Å². The molecule has 1 aliphatic carbocycles. The predicted molar refractivity (Wildman–Crippen MR) is 88.4 cm³/mol. The molecule has 0 aromatic heterocycles. The van der Waals surface area contributed by atoms with Gasteiger partial charge < -0.3 is 5.32 Å². The molecule has 1 saturated carbocycles. The van der Waals surface area contributed by atoms with E-state index in [0.29, 0.717) is 5.69 Å². The van der Waals surface area contributed by atoms with E-state index in [9.17, 15) is 13.2 Å². The molecule has 0 saturated heterocycles. The van der Waals surface area contributed by atoms with Gasteiger partial charge >= 0.3 is 0 Å². The number of anilines is 1. The van der Waals surface area contributed by atoms with Crippen LogP contribution in [0.3, 0.4) is 0 Å². The first-order valence-electron chi connectivity index (χ1n) is 7.42. The summed E-state index contributed by atoms with van der Waals surface area (Å²) in [5, 5.41) is 7.96. The average molecular weight is 330 g/mol. The van der Waals surface area contributed by atoms with Crippen LogP contribution in [-0.4, -0.2) is 14.3 Å². The SMILES string of the molecule is NS(=O)(=O)c1ccc(NC(=O)C2(c3ccccc3)CCC2)cc1. The monoisotopic (exact) mass is 330 g/mol. The molecule has 0 spiro atoms. The van der Waals surface area contributed by atoms with E-state index in [1.165, 1.54) is 12.1 Å². The fourth-order valence-corrected chi connectivity index (χ4v) is 3.43. The van der Waals surface area contributed by atoms with Crippen LogP contribution in [0.25, 0.3) is 0 Å². The zero-order valence-corrected chi connectivity index (χ0v) is 13.3. The fourth-order valence-electron chi connectivity index (χ4n) is 2.91. The normalized spacial score (nSPS) is 16.4. The van der Waals surface area contributed by atoms with Gasteiger partial charge in [-0.25, -0.2) is 13.6 Å². The summed E-state index contributed by atoms with van der Waals surface area (Å²) < 4.78 is 22.5. The van der Waals surface area contributed by atoms with Crippen LogP contribution in [0.4, 0.5) is 5.69 Å². The number of carbonyl (C=O) groups is 1. The maximum atomic E-state index is 12.7. The molecule has 3 N–H and O–H groups in total. The molecule has 6 heteroatoms. The van der Waals surface area contributed by atoms with E-state index in [0.717, 1.165) is 24.8 Å². The Kier molecular flexibility index (Phi) is 3.95. The third kappa shape index (κ3) is 3.00. The third-order valence-electron chi connectivity index (χ3n) is 4.41. The van der Waals surface area contributed by atoms with Gasteiger partial charge in [-0.15, -0.1) is 0 Å². The maximum Gasteiger partial charge on any atom is 0.238 e.